The maximum absolute atomic E-state index is 11.3. The number of carbonyl (C=O) groups is 1. The monoisotopic (exact) mass is 464 g/mol. The van der Waals surface area contributed by atoms with Crippen molar-refractivity contribution in [3.8, 4) is 5.75 Å². The van der Waals surface area contributed by atoms with E-state index in [1.165, 1.54) is 5.56 Å². The Morgan fingerprint density at radius 1 is 1.09 bits per heavy atom. The summed E-state index contributed by atoms with van der Waals surface area (Å²) < 4.78 is 10.9. The molecule has 1 aromatic carbocycles. The molecule has 0 bridgehead atoms. The first-order valence-corrected chi connectivity index (χ1v) is 11.7. The van der Waals surface area contributed by atoms with Crippen LogP contribution in [-0.2, 0) is 16.0 Å². The van der Waals surface area contributed by atoms with Crippen molar-refractivity contribution in [1.29, 1.82) is 0 Å². The number of aryl methyl sites for hydroxylation is 1. The highest BCUT2D eigenvalue weighted by atomic mass is 16.7. The number of rotatable bonds is 3. The molecule has 0 aromatic heterocycles. The van der Waals surface area contributed by atoms with Crippen LogP contribution in [0, 0.1) is 17.3 Å². The van der Waals surface area contributed by atoms with Gasteiger partial charge in [-0.25, -0.2) is 4.79 Å². The lowest BCUT2D eigenvalue weighted by Gasteiger charge is -2.50. The van der Waals surface area contributed by atoms with Crippen LogP contribution in [0.1, 0.15) is 49.7 Å². The first kappa shape index (κ1) is 23.0. The van der Waals surface area contributed by atoms with Crippen molar-refractivity contribution in [3.05, 3.63) is 29.3 Å². The molecule has 4 aliphatic rings. The number of benzene rings is 1. The van der Waals surface area contributed by atoms with Gasteiger partial charge in [0.15, 0.2) is 6.10 Å². The van der Waals surface area contributed by atoms with E-state index in [4.69, 9.17) is 9.47 Å². The number of ether oxygens (including phenoxy) is 2. The zero-order chi connectivity index (χ0) is 23.7. The second-order valence-electron chi connectivity index (χ2n) is 10.4. The third kappa shape index (κ3) is 3.57. The van der Waals surface area contributed by atoms with E-state index in [1.807, 2.05) is 12.1 Å². The van der Waals surface area contributed by atoms with Crippen LogP contribution in [0.15, 0.2) is 18.2 Å². The molecule has 3 fully saturated rings. The molecule has 1 saturated heterocycles. The van der Waals surface area contributed by atoms with E-state index in [2.05, 4.69) is 6.92 Å². The molecule has 182 valence electrons. The van der Waals surface area contributed by atoms with Crippen LogP contribution in [-0.4, -0.2) is 79.5 Å². The third-order valence-electron chi connectivity index (χ3n) is 8.74. The molecule has 5 rings (SSSR count). The van der Waals surface area contributed by atoms with E-state index in [0.717, 1.165) is 31.2 Å². The molecule has 9 heteroatoms. The van der Waals surface area contributed by atoms with Gasteiger partial charge in [-0.3, -0.25) is 0 Å². The van der Waals surface area contributed by atoms with Gasteiger partial charge in [0, 0.05) is 0 Å². The van der Waals surface area contributed by atoms with Gasteiger partial charge in [0.05, 0.1) is 12.2 Å². The molecular formula is C24H32O9. The Labute approximate surface area is 191 Å². The molecule has 0 radical (unpaired) electrons. The van der Waals surface area contributed by atoms with E-state index in [1.54, 1.807) is 6.07 Å². The highest BCUT2D eigenvalue weighted by Crippen LogP contribution is 2.61. The van der Waals surface area contributed by atoms with Crippen LogP contribution in [0.2, 0.25) is 0 Å². The fraction of sp³-hybridized carbons (Fsp3) is 0.708. The zero-order valence-electron chi connectivity index (χ0n) is 18.4. The summed E-state index contributed by atoms with van der Waals surface area (Å²) in [6.45, 7) is 2.10. The van der Waals surface area contributed by atoms with Crippen molar-refractivity contribution in [3.63, 3.8) is 0 Å². The molecule has 0 spiro atoms. The molecule has 3 aliphatic carbocycles. The highest BCUT2D eigenvalue weighted by molar-refractivity contribution is 5.73. The van der Waals surface area contributed by atoms with Gasteiger partial charge in [0.2, 0.25) is 6.29 Å². The Hall–Kier alpha value is -1.75. The number of aliphatic hydroxyl groups excluding tert-OH is 5. The second-order valence-corrected chi connectivity index (χ2v) is 10.4. The van der Waals surface area contributed by atoms with Crippen LogP contribution in [0.4, 0.5) is 0 Å². The topological polar surface area (TPSA) is 157 Å². The lowest BCUT2D eigenvalue weighted by atomic mass is 9.55. The lowest BCUT2D eigenvalue weighted by Crippen LogP contribution is -2.61. The number of carboxylic acids is 1. The Kier molecular flexibility index (Phi) is 5.70. The SMILES string of the molecule is C[C@]12CC[C@H]3c4ccc(O[C@H]5O[C@@H](C(=O)O)[C@H](O)[C@@H](O)[C@@H]5O)cc4CC[C@@H]3[C@@H]1C[C@H](O)[C@@H]2O. The molecule has 0 amide bonds. The summed E-state index contributed by atoms with van der Waals surface area (Å²) in [5.74, 6) is -0.0622. The van der Waals surface area contributed by atoms with Crippen molar-refractivity contribution >= 4 is 5.97 Å². The summed E-state index contributed by atoms with van der Waals surface area (Å²) in [7, 11) is 0. The summed E-state index contributed by atoms with van der Waals surface area (Å²) in [5.41, 5.74) is 2.08. The maximum Gasteiger partial charge on any atom is 0.335 e. The van der Waals surface area contributed by atoms with Crippen LogP contribution < -0.4 is 4.74 Å². The predicted octanol–water partition coefficient (Wildman–Crippen LogP) is 0.145. The normalized spacial score (nSPS) is 46.7. The average molecular weight is 465 g/mol. The van der Waals surface area contributed by atoms with E-state index < -0.39 is 48.9 Å². The second kappa shape index (κ2) is 8.18. The first-order valence-electron chi connectivity index (χ1n) is 11.7. The van der Waals surface area contributed by atoms with Crippen LogP contribution >= 0.6 is 0 Å². The van der Waals surface area contributed by atoms with Crippen molar-refractivity contribution in [2.24, 2.45) is 17.3 Å². The van der Waals surface area contributed by atoms with E-state index >= 15 is 0 Å². The molecule has 6 N–H and O–H groups in total. The van der Waals surface area contributed by atoms with Crippen LogP contribution in [0.3, 0.4) is 0 Å². The zero-order valence-corrected chi connectivity index (χ0v) is 18.4. The molecule has 1 heterocycles. The van der Waals surface area contributed by atoms with Gasteiger partial charge in [-0.2, -0.15) is 0 Å². The Morgan fingerprint density at radius 2 is 1.85 bits per heavy atom. The summed E-state index contributed by atoms with van der Waals surface area (Å²) in [4.78, 5) is 11.3. The standard InChI is InChI=1S/C24H32O9/c1-24-7-6-13-12-5-3-11(32-23-19(28)17(26)18(27)20(33-23)22(30)31)8-10(12)2-4-14(13)15(24)9-16(25)21(24)29/h3,5,8,13-21,23,25-29H,2,4,6-7,9H2,1H3,(H,30,31)/t13-,14-,15-,16-,17+,18+,19-,20+,21-,23-,24-/m0/s1. The first-order chi connectivity index (χ1) is 15.6. The molecule has 9 nitrogen and oxygen atoms in total. The molecule has 1 aliphatic heterocycles. The van der Waals surface area contributed by atoms with Crippen LogP contribution in [0.25, 0.3) is 0 Å². The number of aliphatic hydroxyl groups is 5. The average Bonchev–Trinajstić information content (AvgIpc) is 3.02. The number of carboxylic acid groups (broad SMARTS) is 1. The van der Waals surface area contributed by atoms with Crippen molar-refractivity contribution in [2.75, 3.05) is 0 Å². The number of aliphatic carboxylic acids is 1. The maximum atomic E-state index is 11.3. The van der Waals surface area contributed by atoms with Crippen molar-refractivity contribution in [1.82, 2.24) is 0 Å². The quantitative estimate of drug-likeness (QED) is 0.366. The van der Waals surface area contributed by atoms with Gasteiger partial charge in [-0.15, -0.1) is 0 Å². The van der Waals surface area contributed by atoms with Gasteiger partial charge in [0.25, 0.3) is 0 Å². The Bertz CT molecular complexity index is 921. The fourth-order valence-corrected chi connectivity index (χ4v) is 6.90. The summed E-state index contributed by atoms with van der Waals surface area (Å²) in [6.07, 6.45) is -5.40. The predicted molar refractivity (Wildman–Crippen MR) is 113 cm³/mol. The number of hydrogen-bond donors (Lipinski definition) is 6. The summed E-state index contributed by atoms with van der Waals surface area (Å²) in [5, 5.41) is 60.2. The van der Waals surface area contributed by atoms with Crippen LogP contribution in [0.5, 0.6) is 5.75 Å². The van der Waals surface area contributed by atoms with Gasteiger partial charge in [0.1, 0.15) is 24.1 Å². The van der Waals surface area contributed by atoms with Gasteiger partial charge in [-0.1, -0.05) is 13.0 Å². The Balaban J connectivity index is 1.34. The Morgan fingerprint density at radius 3 is 2.58 bits per heavy atom. The largest absolute Gasteiger partial charge is 0.479 e. The van der Waals surface area contributed by atoms with E-state index in [0.29, 0.717) is 24.0 Å². The summed E-state index contributed by atoms with van der Waals surface area (Å²) in [6, 6.07) is 5.60. The number of hydrogen-bond acceptors (Lipinski definition) is 8. The van der Waals surface area contributed by atoms with E-state index in [9.17, 15) is 35.4 Å². The van der Waals surface area contributed by atoms with Crippen molar-refractivity contribution < 1.29 is 44.9 Å². The smallest absolute Gasteiger partial charge is 0.335 e. The minimum absolute atomic E-state index is 0.248. The fourth-order valence-electron chi connectivity index (χ4n) is 6.90. The minimum Gasteiger partial charge on any atom is -0.479 e. The van der Waals surface area contributed by atoms with E-state index in [-0.39, 0.29) is 11.3 Å². The molecule has 2 saturated carbocycles. The lowest BCUT2D eigenvalue weighted by molar-refractivity contribution is -0.271. The third-order valence-corrected chi connectivity index (χ3v) is 8.74. The van der Waals surface area contributed by atoms with Crippen molar-refractivity contribution in [2.45, 2.75) is 87.9 Å². The van der Waals surface area contributed by atoms with Gasteiger partial charge >= 0.3 is 5.97 Å². The molecule has 33 heavy (non-hydrogen) atoms. The highest BCUT2D eigenvalue weighted by Gasteiger charge is 2.57. The number of fused-ring (bicyclic) bond motifs is 5. The van der Waals surface area contributed by atoms with Gasteiger partial charge in [-0.05, 0) is 78.5 Å². The summed E-state index contributed by atoms with van der Waals surface area (Å²) >= 11 is 0. The molecule has 1 aromatic rings. The molecule has 0 unspecified atom stereocenters. The minimum atomic E-state index is -1.76. The molecule has 11 atom stereocenters. The van der Waals surface area contributed by atoms with Gasteiger partial charge < -0.3 is 40.1 Å². The molecular weight excluding hydrogens is 432 g/mol.